The molecule has 4 N–H and O–H groups in total. The van der Waals surface area contributed by atoms with Crippen LogP contribution in [0.3, 0.4) is 0 Å². The van der Waals surface area contributed by atoms with Crippen molar-refractivity contribution in [3.05, 3.63) is 29.3 Å². The molecule has 1 fully saturated rings. The Hall–Kier alpha value is -1.55. The summed E-state index contributed by atoms with van der Waals surface area (Å²) in [5.41, 5.74) is 7.30. The van der Waals surface area contributed by atoms with Crippen LogP contribution in [0, 0.1) is 6.92 Å². The third-order valence-corrected chi connectivity index (χ3v) is 4.02. The van der Waals surface area contributed by atoms with Crippen molar-refractivity contribution < 1.29 is 9.90 Å². The lowest BCUT2D eigenvalue weighted by Gasteiger charge is -2.36. The molecule has 1 aromatic rings. The summed E-state index contributed by atoms with van der Waals surface area (Å²) in [5, 5.41) is 12.6. The molecule has 0 atom stereocenters. The highest BCUT2D eigenvalue weighted by Crippen LogP contribution is 2.28. The zero-order valence-corrected chi connectivity index (χ0v) is 11.4. The number of aryl methyl sites for hydroxylation is 1. The maximum Gasteiger partial charge on any atom is 0.254 e. The number of hydrogen-bond donors (Lipinski definition) is 3. The Labute approximate surface area is 114 Å². The van der Waals surface area contributed by atoms with E-state index in [4.69, 9.17) is 5.73 Å². The van der Waals surface area contributed by atoms with Gasteiger partial charge >= 0.3 is 0 Å². The largest absolute Gasteiger partial charge is 0.398 e. The molecule has 2 rings (SSSR count). The van der Waals surface area contributed by atoms with Crippen LogP contribution in [0.4, 0.5) is 5.69 Å². The molecule has 0 aromatic heterocycles. The maximum atomic E-state index is 12.4. The van der Waals surface area contributed by atoms with Crippen LogP contribution < -0.4 is 11.1 Å². The minimum Gasteiger partial charge on any atom is -0.398 e. The summed E-state index contributed by atoms with van der Waals surface area (Å²) >= 11 is 0. The Morgan fingerprint density at radius 3 is 2.63 bits per heavy atom. The number of nitrogens with two attached hydrogens (primary N) is 1. The van der Waals surface area contributed by atoms with Gasteiger partial charge in [0.25, 0.3) is 5.91 Å². The average Bonchev–Trinajstić information content (AvgIpc) is 2.39. The van der Waals surface area contributed by atoms with Crippen LogP contribution in [0.5, 0.6) is 0 Å². The number of benzene rings is 1. The molecule has 1 saturated carbocycles. The van der Waals surface area contributed by atoms with Gasteiger partial charge in [-0.25, -0.2) is 0 Å². The highest BCUT2D eigenvalue weighted by atomic mass is 16.3. The van der Waals surface area contributed by atoms with E-state index in [0.717, 1.165) is 31.2 Å². The number of aliphatic hydroxyl groups is 1. The average molecular weight is 262 g/mol. The quantitative estimate of drug-likeness (QED) is 0.729. The Morgan fingerprint density at radius 2 is 2.05 bits per heavy atom. The van der Waals surface area contributed by atoms with Gasteiger partial charge in [-0.2, -0.15) is 0 Å². The number of carbonyl (C=O) groups is 1. The van der Waals surface area contributed by atoms with Crippen LogP contribution in [-0.4, -0.2) is 23.2 Å². The van der Waals surface area contributed by atoms with E-state index in [1.54, 1.807) is 6.07 Å². The molecule has 19 heavy (non-hydrogen) atoms. The molecular weight excluding hydrogens is 240 g/mol. The molecule has 1 aliphatic rings. The number of nitrogens with one attached hydrogen (secondary N) is 1. The van der Waals surface area contributed by atoms with Gasteiger partial charge < -0.3 is 16.2 Å². The van der Waals surface area contributed by atoms with Crippen molar-refractivity contribution >= 4 is 11.6 Å². The van der Waals surface area contributed by atoms with E-state index in [9.17, 15) is 9.90 Å². The lowest BCUT2D eigenvalue weighted by Crippen LogP contribution is -2.52. The summed E-state index contributed by atoms with van der Waals surface area (Å²) in [5.74, 6) is -0.174. The van der Waals surface area contributed by atoms with Gasteiger partial charge in [-0.15, -0.1) is 0 Å². The van der Waals surface area contributed by atoms with Crippen LogP contribution in [0.2, 0.25) is 0 Å². The fourth-order valence-corrected chi connectivity index (χ4v) is 2.86. The van der Waals surface area contributed by atoms with Crippen LogP contribution in [0.1, 0.15) is 48.0 Å². The Morgan fingerprint density at radius 1 is 1.37 bits per heavy atom. The molecule has 104 valence electrons. The molecule has 0 heterocycles. The van der Waals surface area contributed by atoms with Crippen molar-refractivity contribution in [3.8, 4) is 0 Å². The van der Waals surface area contributed by atoms with Gasteiger partial charge in [-0.1, -0.05) is 31.4 Å². The number of amides is 1. The van der Waals surface area contributed by atoms with Gasteiger partial charge in [0.05, 0.1) is 17.7 Å². The van der Waals surface area contributed by atoms with Crippen molar-refractivity contribution in [1.82, 2.24) is 5.32 Å². The van der Waals surface area contributed by atoms with E-state index < -0.39 is 5.54 Å². The monoisotopic (exact) mass is 262 g/mol. The number of carbonyl (C=O) groups excluding carboxylic acids is 1. The number of rotatable bonds is 3. The van der Waals surface area contributed by atoms with Gasteiger partial charge in [0.15, 0.2) is 0 Å². The van der Waals surface area contributed by atoms with Crippen molar-refractivity contribution in [3.63, 3.8) is 0 Å². The van der Waals surface area contributed by atoms with Gasteiger partial charge in [0, 0.05) is 5.69 Å². The predicted octanol–water partition coefficient (Wildman–Crippen LogP) is 2.00. The second-order valence-electron chi connectivity index (χ2n) is 5.49. The second-order valence-corrected chi connectivity index (χ2v) is 5.49. The number of nitrogen functional groups attached to an aromatic ring is 1. The highest BCUT2D eigenvalue weighted by Gasteiger charge is 2.33. The van der Waals surface area contributed by atoms with E-state index in [2.05, 4.69) is 5.32 Å². The summed E-state index contributed by atoms with van der Waals surface area (Å²) in [6.07, 6.45) is 4.93. The topological polar surface area (TPSA) is 75.4 Å². The van der Waals surface area contributed by atoms with Gasteiger partial charge in [-0.05, 0) is 31.4 Å². The lowest BCUT2D eigenvalue weighted by atomic mass is 9.82. The zero-order chi connectivity index (χ0) is 13.9. The van der Waals surface area contributed by atoms with Crippen molar-refractivity contribution in [1.29, 1.82) is 0 Å². The standard InChI is InChI=1S/C15H22N2O2/c1-11-6-5-7-12(16)13(11)14(19)17-15(10-18)8-3-2-4-9-15/h5-7,18H,2-4,8-10,16H2,1H3,(H,17,19). The van der Waals surface area contributed by atoms with Gasteiger partial charge in [-0.3, -0.25) is 4.79 Å². The molecule has 0 radical (unpaired) electrons. The van der Waals surface area contributed by atoms with Crippen LogP contribution in [-0.2, 0) is 0 Å². The third-order valence-electron chi connectivity index (χ3n) is 4.02. The Kier molecular flexibility index (Phi) is 4.10. The Balaban J connectivity index is 2.20. The summed E-state index contributed by atoms with van der Waals surface area (Å²) in [7, 11) is 0. The summed E-state index contributed by atoms with van der Waals surface area (Å²) < 4.78 is 0. The normalized spacial score (nSPS) is 18.0. The first-order valence-electron chi connectivity index (χ1n) is 6.86. The molecule has 1 aliphatic carbocycles. The van der Waals surface area contributed by atoms with Crippen LogP contribution in [0.15, 0.2) is 18.2 Å². The molecular formula is C15H22N2O2. The molecule has 4 heteroatoms. The molecule has 0 bridgehead atoms. The van der Waals surface area contributed by atoms with Crippen LogP contribution >= 0.6 is 0 Å². The number of hydrogen-bond acceptors (Lipinski definition) is 3. The van der Waals surface area contributed by atoms with Gasteiger partial charge in [0.2, 0.25) is 0 Å². The van der Waals surface area contributed by atoms with E-state index >= 15 is 0 Å². The lowest BCUT2D eigenvalue weighted by molar-refractivity contribution is 0.0759. The van der Waals surface area contributed by atoms with Crippen molar-refractivity contribution in [2.24, 2.45) is 0 Å². The number of aliphatic hydroxyl groups excluding tert-OH is 1. The van der Waals surface area contributed by atoms with Crippen molar-refractivity contribution in [2.75, 3.05) is 12.3 Å². The SMILES string of the molecule is Cc1cccc(N)c1C(=O)NC1(CO)CCCCC1. The number of anilines is 1. The first-order chi connectivity index (χ1) is 9.08. The second kappa shape index (κ2) is 5.61. The van der Waals surface area contributed by atoms with E-state index in [1.165, 1.54) is 6.42 Å². The first-order valence-corrected chi connectivity index (χ1v) is 6.86. The zero-order valence-electron chi connectivity index (χ0n) is 11.4. The summed E-state index contributed by atoms with van der Waals surface area (Å²) in [6, 6.07) is 5.44. The molecule has 0 saturated heterocycles. The fraction of sp³-hybridized carbons (Fsp3) is 0.533. The maximum absolute atomic E-state index is 12.4. The summed E-state index contributed by atoms with van der Waals surface area (Å²) in [6.45, 7) is 1.86. The minimum absolute atomic E-state index is 0.00940. The van der Waals surface area contributed by atoms with E-state index in [0.29, 0.717) is 11.3 Å². The smallest absolute Gasteiger partial charge is 0.254 e. The van der Waals surface area contributed by atoms with Crippen LogP contribution in [0.25, 0.3) is 0 Å². The third kappa shape index (κ3) is 2.89. The highest BCUT2D eigenvalue weighted by molar-refractivity contribution is 6.00. The predicted molar refractivity (Wildman–Crippen MR) is 76.0 cm³/mol. The summed E-state index contributed by atoms with van der Waals surface area (Å²) in [4.78, 5) is 12.4. The molecule has 4 nitrogen and oxygen atoms in total. The van der Waals surface area contributed by atoms with E-state index in [-0.39, 0.29) is 12.5 Å². The molecule has 0 unspecified atom stereocenters. The molecule has 0 spiro atoms. The fourth-order valence-electron chi connectivity index (χ4n) is 2.86. The van der Waals surface area contributed by atoms with Gasteiger partial charge in [0.1, 0.15) is 0 Å². The first kappa shape index (κ1) is 13.9. The minimum atomic E-state index is -0.468. The molecule has 1 aromatic carbocycles. The van der Waals surface area contributed by atoms with Crippen molar-refractivity contribution in [2.45, 2.75) is 44.6 Å². The molecule has 0 aliphatic heterocycles. The molecule has 1 amide bonds. The Bertz CT molecular complexity index is 445. The van der Waals surface area contributed by atoms with E-state index in [1.807, 2.05) is 19.1 Å².